The molecule has 0 bridgehead atoms. The SMILES string of the molecule is CCO[SiH](CCCCCc1cccc(C(F)(F)F)c1)OCC. The summed E-state index contributed by atoms with van der Waals surface area (Å²) in [6, 6.07) is 6.56. The summed E-state index contributed by atoms with van der Waals surface area (Å²) in [6.45, 7) is 5.29. The van der Waals surface area contributed by atoms with Crippen LogP contribution in [0.1, 0.15) is 44.2 Å². The van der Waals surface area contributed by atoms with Gasteiger partial charge in [-0.05, 0) is 44.4 Å². The van der Waals surface area contributed by atoms with Gasteiger partial charge in [-0.2, -0.15) is 13.2 Å². The second-order valence-electron chi connectivity index (χ2n) is 5.14. The van der Waals surface area contributed by atoms with Crippen LogP contribution in [0.25, 0.3) is 0 Å². The maximum atomic E-state index is 12.6. The van der Waals surface area contributed by atoms with E-state index in [-0.39, 0.29) is 0 Å². The molecule has 0 aliphatic carbocycles. The highest BCUT2D eigenvalue weighted by atomic mass is 28.3. The summed E-state index contributed by atoms with van der Waals surface area (Å²) in [7, 11) is -1.53. The second-order valence-corrected chi connectivity index (χ2v) is 7.24. The molecule has 0 spiro atoms. The molecule has 1 aromatic rings. The van der Waals surface area contributed by atoms with Crippen molar-refractivity contribution < 1.29 is 22.0 Å². The van der Waals surface area contributed by atoms with Crippen LogP contribution in [-0.4, -0.2) is 22.5 Å². The molecule has 0 N–H and O–H groups in total. The predicted molar refractivity (Wildman–Crippen MR) is 84.2 cm³/mol. The largest absolute Gasteiger partial charge is 0.416 e. The van der Waals surface area contributed by atoms with Crippen molar-refractivity contribution in [1.82, 2.24) is 0 Å². The van der Waals surface area contributed by atoms with E-state index in [1.54, 1.807) is 6.07 Å². The lowest BCUT2D eigenvalue weighted by molar-refractivity contribution is -0.137. The van der Waals surface area contributed by atoms with E-state index in [1.165, 1.54) is 12.1 Å². The molecular weight excluding hydrogens is 309 g/mol. The van der Waals surface area contributed by atoms with Gasteiger partial charge in [-0.25, -0.2) is 0 Å². The lowest BCUT2D eigenvalue weighted by Gasteiger charge is -2.14. The lowest BCUT2D eigenvalue weighted by Crippen LogP contribution is -2.22. The molecule has 0 aliphatic heterocycles. The number of alkyl halides is 3. The van der Waals surface area contributed by atoms with Gasteiger partial charge >= 0.3 is 15.5 Å². The van der Waals surface area contributed by atoms with Crippen LogP contribution in [0.5, 0.6) is 0 Å². The molecule has 0 aliphatic rings. The minimum absolute atomic E-state index is 0.565. The van der Waals surface area contributed by atoms with Gasteiger partial charge in [0, 0.05) is 13.2 Å². The normalized spacial score (nSPS) is 12.1. The van der Waals surface area contributed by atoms with Crippen molar-refractivity contribution in [2.75, 3.05) is 13.2 Å². The van der Waals surface area contributed by atoms with E-state index in [1.807, 2.05) is 13.8 Å². The summed E-state index contributed by atoms with van der Waals surface area (Å²) in [4.78, 5) is 0. The van der Waals surface area contributed by atoms with E-state index >= 15 is 0 Å². The van der Waals surface area contributed by atoms with Crippen LogP contribution in [0.3, 0.4) is 0 Å². The Bertz CT molecular complexity index is 418. The third-order valence-corrected chi connectivity index (χ3v) is 5.65. The Hall–Kier alpha value is -0.853. The van der Waals surface area contributed by atoms with Gasteiger partial charge in [-0.1, -0.05) is 31.0 Å². The standard InChI is InChI=1S/C16H25F3O2Si/c1-3-20-22(21-4-2)12-7-5-6-9-14-10-8-11-15(13-14)16(17,18)19/h8,10-11,13,22H,3-7,9,12H2,1-2H3. The first-order chi connectivity index (χ1) is 10.5. The Labute approximate surface area is 132 Å². The van der Waals surface area contributed by atoms with Gasteiger partial charge < -0.3 is 8.85 Å². The molecule has 22 heavy (non-hydrogen) atoms. The van der Waals surface area contributed by atoms with Gasteiger partial charge in [0.1, 0.15) is 0 Å². The zero-order valence-corrected chi connectivity index (χ0v) is 14.4. The molecule has 0 radical (unpaired) electrons. The average Bonchev–Trinajstić information content (AvgIpc) is 2.47. The third-order valence-electron chi connectivity index (χ3n) is 3.36. The van der Waals surface area contributed by atoms with Crippen LogP contribution >= 0.6 is 0 Å². The van der Waals surface area contributed by atoms with Crippen LogP contribution < -0.4 is 0 Å². The van der Waals surface area contributed by atoms with Crippen LogP contribution in [-0.2, 0) is 21.4 Å². The number of benzene rings is 1. The van der Waals surface area contributed by atoms with Gasteiger partial charge in [-0.3, -0.25) is 0 Å². The number of halogens is 3. The molecule has 0 heterocycles. The second kappa shape index (κ2) is 10.0. The zero-order chi connectivity index (χ0) is 16.4. The Kier molecular flexibility index (Phi) is 8.74. The average molecular weight is 334 g/mol. The predicted octanol–water partition coefficient (Wildman–Crippen LogP) is 4.71. The van der Waals surface area contributed by atoms with Crippen LogP contribution in [0.2, 0.25) is 6.04 Å². The summed E-state index contributed by atoms with van der Waals surface area (Å²) in [5.74, 6) is 0. The highest BCUT2D eigenvalue weighted by molar-refractivity contribution is 6.44. The molecule has 0 saturated carbocycles. The van der Waals surface area contributed by atoms with Crippen LogP contribution in [0.15, 0.2) is 24.3 Å². The molecule has 1 rings (SSSR count). The molecular formula is C16H25F3O2Si. The van der Waals surface area contributed by atoms with Gasteiger partial charge in [0.15, 0.2) is 0 Å². The molecule has 6 heteroatoms. The third kappa shape index (κ3) is 7.42. The Morgan fingerprint density at radius 3 is 2.27 bits per heavy atom. The topological polar surface area (TPSA) is 18.5 Å². The maximum absolute atomic E-state index is 12.6. The minimum atomic E-state index is -4.26. The Morgan fingerprint density at radius 1 is 1.00 bits per heavy atom. The first-order valence-corrected chi connectivity index (χ1v) is 9.62. The highest BCUT2D eigenvalue weighted by Crippen LogP contribution is 2.29. The number of hydrogen-bond acceptors (Lipinski definition) is 2. The molecule has 0 amide bonds. The number of aryl methyl sites for hydroxylation is 1. The smallest absolute Gasteiger partial charge is 0.397 e. The van der Waals surface area contributed by atoms with Crippen molar-refractivity contribution in [2.24, 2.45) is 0 Å². The van der Waals surface area contributed by atoms with Gasteiger partial charge in [0.2, 0.25) is 0 Å². The molecule has 0 atom stereocenters. The Balaban J connectivity index is 2.30. The van der Waals surface area contributed by atoms with Crippen molar-refractivity contribution in [3.63, 3.8) is 0 Å². The summed E-state index contributed by atoms with van der Waals surface area (Å²) in [5.41, 5.74) is 0.184. The molecule has 126 valence electrons. The van der Waals surface area contributed by atoms with E-state index in [0.29, 0.717) is 19.6 Å². The van der Waals surface area contributed by atoms with E-state index < -0.39 is 21.0 Å². The minimum Gasteiger partial charge on any atom is -0.397 e. The first-order valence-electron chi connectivity index (χ1n) is 7.86. The summed E-state index contributed by atoms with van der Waals surface area (Å²) >= 11 is 0. The van der Waals surface area contributed by atoms with Gasteiger partial charge in [0.25, 0.3) is 0 Å². The zero-order valence-electron chi connectivity index (χ0n) is 13.3. The molecule has 0 fully saturated rings. The lowest BCUT2D eigenvalue weighted by atomic mass is 10.0. The van der Waals surface area contributed by atoms with E-state index in [0.717, 1.165) is 36.9 Å². The van der Waals surface area contributed by atoms with Gasteiger partial charge in [0.05, 0.1) is 5.56 Å². The molecule has 2 nitrogen and oxygen atoms in total. The number of rotatable bonds is 10. The van der Waals surface area contributed by atoms with E-state index in [2.05, 4.69) is 0 Å². The molecule has 1 aromatic carbocycles. The summed E-state index contributed by atoms with van der Waals surface area (Å²) in [5, 5.41) is 0. The van der Waals surface area contributed by atoms with Crippen molar-refractivity contribution in [2.45, 2.75) is 51.8 Å². The Morgan fingerprint density at radius 2 is 1.68 bits per heavy atom. The summed E-state index contributed by atoms with van der Waals surface area (Å²) in [6.07, 6.45) is -0.695. The van der Waals surface area contributed by atoms with Crippen molar-refractivity contribution in [3.8, 4) is 0 Å². The van der Waals surface area contributed by atoms with Crippen molar-refractivity contribution >= 4 is 9.28 Å². The van der Waals surface area contributed by atoms with E-state index in [4.69, 9.17) is 8.85 Å². The molecule has 0 saturated heterocycles. The van der Waals surface area contributed by atoms with Crippen molar-refractivity contribution in [1.29, 1.82) is 0 Å². The van der Waals surface area contributed by atoms with Crippen LogP contribution in [0.4, 0.5) is 13.2 Å². The fourth-order valence-electron chi connectivity index (χ4n) is 2.31. The molecule has 0 aromatic heterocycles. The van der Waals surface area contributed by atoms with Crippen LogP contribution in [0, 0.1) is 0 Å². The number of unbranched alkanes of at least 4 members (excludes halogenated alkanes) is 2. The number of hydrogen-bond donors (Lipinski definition) is 0. The fourth-order valence-corrected chi connectivity index (χ4v) is 4.10. The van der Waals surface area contributed by atoms with E-state index in [9.17, 15) is 13.2 Å². The molecule has 0 unspecified atom stereocenters. The maximum Gasteiger partial charge on any atom is 0.416 e. The summed E-state index contributed by atoms with van der Waals surface area (Å²) < 4.78 is 49.0. The van der Waals surface area contributed by atoms with Gasteiger partial charge in [-0.15, -0.1) is 0 Å². The fraction of sp³-hybridized carbons (Fsp3) is 0.625. The monoisotopic (exact) mass is 334 g/mol. The first kappa shape index (κ1) is 19.2. The highest BCUT2D eigenvalue weighted by Gasteiger charge is 2.30. The van der Waals surface area contributed by atoms with Crippen molar-refractivity contribution in [3.05, 3.63) is 35.4 Å². The quantitative estimate of drug-likeness (QED) is 0.456.